The lowest BCUT2D eigenvalue weighted by Crippen LogP contribution is -2.48. The van der Waals surface area contributed by atoms with Crippen molar-refractivity contribution in [3.63, 3.8) is 0 Å². The summed E-state index contributed by atoms with van der Waals surface area (Å²) in [5.41, 5.74) is 2.28. The first-order chi connectivity index (χ1) is 13.7. The van der Waals surface area contributed by atoms with Crippen LogP contribution in [0.2, 0.25) is 0 Å². The van der Waals surface area contributed by atoms with E-state index in [0.717, 1.165) is 55.6 Å². The molecule has 1 saturated heterocycles. The maximum Gasteiger partial charge on any atom is 0.337 e. The van der Waals surface area contributed by atoms with Crippen LogP contribution in [-0.2, 0) is 4.74 Å². The molecule has 3 rings (SSSR count). The second kappa shape index (κ2) is 9.37. The summed E-state index contributed by atoms with van der Waals surface area (Å²) in [7, 11) is 3.04. The van der Waals surface area contributed by atoms with Crippen LogP contribution < -0.4 is 4.74 Å². The Labute approximate surface area is 166 Å². The fourth-order valence-corrected chi connectivity index (χ4v) is 3.30. The van der Waals surface area contributed by atoms with E-state index in [-0.39, 0.29) is 5.97 Å². The molecule has 1 fully saturated rings. The lowest BCUT2D eigenvalue weighted by Gasteiger charge is -2.36. The maximum atomic E-state index is 11.8. The van der Waals surface area contributed by atoms with Gasteiger partial charge >= 0.3 is 5.97 Å². The summed E-state index contributed by atoms with van der Waals surface area (Å²) in [5, 5.41) is 0. The number of carbonyl (C=O) groups is 1. The van der Waals surface area contributed by atoms with Crippen molar-refractivity contribution < 1.29 is 14.3 Å². The Morgan fingerprint density at radius 3 is 2.21 bits per heavy atom. The second-order valence-electron chi connectivity index (χ2n) is 6.60. The van der Waals surface area contributed by atoms with E-state index in [4.69, 9.17) is 14.5 Å². The zero-order valence-corrected chi connectivity index (χ0v) is 16.7. The summed E-state index contributed by atoms with van der Waals surface area (Å²) >= 11 is 0. The van der Waals surface area contributed by atoms with E-state index in [1.54, 1.807) is 19.2 Å². The van der Waals surface area contributed by atoms with Crippen molar-refractivity contribution in [2.45, 2.75) is 6.92 Å². The predicted molar refractivity (Wildman–Crippen MR) is 111 cm³/mol. The number of nitrogens with zero attached hydrogens (tertiary/aromatic N) is 3. The number of hydrogen-bond donors (Lipinski definition) is 0. The Kier molecular flexibility index (Phi) is 6.66. The Bertz CT molecular complexity index is 825. The first-order valence-corrected chi connectivity index (χ1v) is 9.54. The van der Waals surface area contributed by atoms with Gasteiger partial charge in [0.1, 0.15) is 17.3 Å². The Hall–Kier alpha value is -2.86. The van der Waals surface area contributed by atoms with Crippen LogP contribution in [0.4, 0.5) is 5.69 Å². The molecule has 0 N–H and O–H groups in total. The molecule has 0 saturated carbocycles. The summed E-state index contributed by atoms with van der Waals surface area (Å²) in [4.78, 5) is 21.4. The average Bonchev–Trinajstić information content (AvgIpc) is 2.77. The Morgan fingerprint density at radius 1 is 0.964 bits per heavy atom. The zero-order chi connectivity index (χ0) is 19.9. The topological polar surface area (TPSA) is 54.4 Å². The van der Waals surface area contributed by atoms with Crippen molar-refractivity contribution in [3.8, 4) is 5.75 Å². The molecule has 0 radical (unpaired) electrons. The van der Waals surface area contributed by atoms with Crippen molar-refractivity contribution in [1.82, 2.24) is 9.80 Å². The number of hydrogen-bond acceptors (Lipinski definition) is 5. The first kappa shape index (κ1) is 19.9. The van der Waals surface area contributed by atoms with Crippen molar-refractivity contribution >= 4 is 17.5 Å². The van der Waals surface area contributed by atoms with Crippen LogP contribution in [-0.4, -0.2) is 68.5 Å². The minimum atomic E-state index is -0.341. The summed E-state index contributed by atoms with van der Waals surface area (Å²) in [5.74, 6) is 1.28. The van der Waals surface area contributed by atoms with Gasteiger partial charge in [0.05, 0.1) is 19.8 Å². The molecule has 2 aromatic rings. The maximum absolute atomic E-state index is 11.8. The highest BCUT2D eigenvalue weighted by Gasteiger charge is 2.21. The van der Waals surface area contributed by atoms with Gasteiger partial charge in [0.2, 0.25) is 0 Å². The summed E-state index contributed by atoms with van der Waals surface area (Å²) in [6.07, 6.45) is 0. The van der Waals surface area contributed by atoms with Crippen LogP contribution in [0.3, 0.4) is 0 Å². The number of benzene rings is 2. The number of esters is 1. The molecule has 1 aliphatic rings. The number of piperazine rings is 1. The van der Waals surface area contributed by atoms with Crippen molar-refractivity contribution in [3.05, 3.63) is 59.7 Å². The fraction of sp³-hybridized carbons (Fsp3) is 0.364. The van der Waals surface area contributed by atoms with E-state index < -0.39 is 0 Å². The largest absolute Gasteiger partial charge is 0.494 e. The standard InChI is InChI=1S/C22H27N3O3/c1-4-24-13-15-25(16-14-24)21(23-19-7-5-6-8-20(19)27-2)17-9-11-18(12-10-17)22(26)28-3/h5-12H,4,13-16H2,1-3H3/b23-21+. The molecule has 148 valence electrons. The number of methoxy groups -OCH3 is 2. The molecule has 6 nitrogen and oxygen atoms in total. The average molecular weight is 381 g/mol. The third kappa shape index (κ3) is 4.51. The number of likely N-dealkylation sites (N-methyl/N-ethyl adjacent to an activating group) is 1. The van der Waals surface area contributed by atoms with Gasteiger partial charge in [0.15, 0.2) is 0 Å². The number of para-hydroxylation sites is 2. The molecule has 6 heteroatoms. The monoisotopic (exact) mass is 381 g/mol. The summed E-state index contributed by atoms with van der Waals surface area (Å²) < 4.78 is 10.3. The molecule has 0 atom stereocenters. The Balaban J connectivity index is 1.97. The molecular weight excluding hydrogens is 354 g/mol. The van der Waals surface area contributed by atoms with E-state index in [1.165, 1.54) is 7.11 Å². The van der Waals surface area contributed by atoms with Gasteiger partial charge in [-0.2, -0.15) is 0 Å². The molecule has 1 heterocycles. The molecule has 28 heavy (non-hydrogen) atoms. The molecular formula is C22H27N3O3. The van der Waals surface area contributed by atoms with Gasteiger partial charge in [0, 0.05) is 31.7 Å². The van der Waals surface area contributed by atoms with Crippen molar-refractivity contribution in [2.75, 3.05) is 46.9 Å². The fourth-order valence-electron chi connectivity index (χ4n) is 3.30. The van der Waals surface area contributed by atoms with Crippen LogP contribution >= 0.6 is 0 Å². The van der Waals surface area contributed by atoms with Gasteiger partial charge in [0.25, 0.3) is 0 Å². The van der Waals surface area contributed by atoms with E-state index in [1.807, 2.05) is 36.4 Å². The number of ether oxygens (including phenoxy) is 2. The molecule has 0 spiro atoms. The van der Waals surface area contributed by atoms with Crippen molar-refractivity contribution in [2.24, 2.45) is 4.99 Å². The third-order valence-electron chi connectivity index (χ3n) is 4.99. The van der Waals surface area contributed by atoms with E-state index in [2.05, 4.69) is 16.7 Å². The van der Waals surface area contributed by atoms with Crippen LogP contribution in [0.1, 0.15) is 22.8 Å². The van der Waals surface area contributed by atoms with Gasteiger partial charge in [-0.1, -0.05) is 31.2 Å². The van der Waals surface area contributed by atoms with Crippen LogP contribution in [0.5, 0.6) is 5.75 Å². The quantitative estimate of drug-likeness (QED) is 0.452. The molecule has 1 aliphatic heterocycles. The molecule has 0 amide bonds. The second-order valence-corrected chi connectivity index (χ2v) is 6.60. The minimum Gasteiger partial charge on any atom is -0.494 e. The lowest BCUT2D eigenvalue weighted by molar-refractivity contribution is 0.0600. The van der Waals surface area contributed by atoms with E-state index in [9.17, 15) is 4.79 Å². The molecule has 0 bridgehead atoms. The molecule has 0 aromatic heterocycles. The predicted octanol–water partition coefficient (Wildman–Crippen LogP) is 3.20. The first-order valence-electron chi connectivity index (χ1n) is 9.54. The van der Waals surface area contributed by atoms with Gasteiger partial charge in [-0.05, 0) is 30.8 Å². The molecule has 2 aromatic carbocycles. The minimum absolute atomic E-state index is 0.341. The smallest absolute Gasteiger partial charge is 0.337 e. The highest BCUT2D eigenvalue weighted by molar-refractivity contribution is 6.01. The van der Waals surface area contributed by atoms with Gasteiger partial charge in [-0.3, -0.25) is 0 Å². The number of amidine groups is 1. The van der Waals surface area contributed by atoms with Gasteiger partial charge in [-0.25, -0.2) is 9.79 Å². The van der Waals surface area contributed by atoms with E-state index in [0.29, 0.717) is 5.56 Å². The highest BCUT2D eigenvalue weighted by atomic mass is 16.5. The third-order valence-corrected chi connectivity index (χ3v) is 4.99. The number of aliphatic imine (C=N–C) groups is 1. The zero-order valence-electron chi connectivity index (χ0n) is 16.7. The van der Waals surface area contributed by atoms with Gasteiger partial charge in [-0.15, -0.1) is 0 Å². The summed E-state index contributed by atoms with van der Waals surface area (Å²) in [6, 6.07) is 15.1. The Morgan fingerprint density at radius 2 is 1.61 bits per heavy atom. The lowest BCUT2D eigenvalue weighted by atomic mass is 10.1. The molecule has 0 aliphatic carbocycles. The van der Waals surface area contributed by atoms with Crippen LogP contribution in [0.15, 0.2) is 53.5 Å². The number of carbonyl (C=O) groups excluding carboxylic acids is 1. The van der Waals surface area contributed by atoms with Crippen LogP contribution in [0, 0.1) is 0 Å². The highest BCUT2D eigenvalue weighted by Crippen LogP contribution is 2.28. The summed E-state index contributed by atoms with van der Waals surface area (Å²) in [6.45, 7) is 7.05. The number of rotatable bonds is 5. The van der Waals surface area contributed by atoms with Gasteiger partial charge < -0.3 is 19.3 Å². The normalized spacial score (nSPS) is 15.4. The van der Waals surface area contributed by atoms with E-state index >= 15 is 0 Å². The van der Waals surface area contributed by atoms with Crippen molar-refractivity contribution in [1.29, 1.82) is 0 Å². The van der Waals surface area contributed by atoms with Crippen LogP contribution in [0.25, 0.3) is 0 Å². The molecule has 0 unspecified atom stereocenters. The SMILES string of the molecule is CCN1CCN(/C(=N/c2ccccc2OC)c2ccc(C(=O)OC)cc2)CC1.